The molecule has 0 aliphatic carbocycles. The molecule has 1 aliphatic rings. The molecular formula is C26H18F5NO2. The molecule has 0 saturated carbocycles. The molecule has 1 aliphatic heterocycles. The molecule has 2 heterocycles. The zero-order valence-corrected chi connectivity index (χ0v) is 17.8. The summed E-state index contributed by atoms with van der Waals surface area (Å²) in [6.07, 6.45) is 0.669. The maximum absolute atomic E-state index is 14.5. The zero-order valence-electron chi connectivity index (χ0n) is 17.8. The van der Waals surface area contributed by atoms with E-state index in [2.05, 4.69) is 0 Å². The van der Waals surface area contributed by atoms with Gasteiger partial charge in [0, 0.05) is 54.6 Å². The molecule has 174 valence electrons. The highest BCUT2D eigenvalue weighted by Gasteiger charge is 2.35. The molecule has 3 nitrogen and oxygen atoms in total. The summed E-state index contributed by atoms with van der Waals surface area (Å²) in [7, 11) is 0. The molecule has 0 N–H and O–H groups in total. The lowest BCUT2D eigenvalue weighted by Gasteiger charge is -2.31. The molecule has 0 bridgehead atoms. The van der Waals surface area contributed by atoms with Crippen LogP contribution in [0, 0.1) is 17.5 Å². The normalized spacial score (nSPS) is 15.6. The van der Waals surface area contributed by atoms with Crippen molar-refractivity contribution in [1.82, 2.24) is 4.90 Å². The van der Waals surface area contributed by atoms with Crippen LogP contribution in [0.4, 0.5) is 22.0 Å². The summed E-state index contributed by atoms with van der Waals surface area (Å²) in [6.45, 7) is -0.0220. The lowest BCUT2D eigenvalue weighted by atomic mass is 9.95. The molecule has 0 spiro atoms. The number of piperidine rings is 1. The first-order valence-electron chi connectivity index (χ1n) is 10.7. The van der Waals surface area contributed by atoms with Gasteiger partial charge in [0.05, 0.1) is 11.8 Å². The van der Waals surface area contributed by atoms with E-state index in [0.717, 1.165) is 0 Å². The molecule has 0 unspecified atom stereocenters. The van der Waals surface area contributed by atoms with E-state index in [1.165, 1.54) is 17.2 Å². The van der Waals surface area contributed by atoms with Crippen molar-refractivity contribution in [2.75, 3.05) is 13.1 Å². The van der Waals surface area contributed by atoms with Crippen molar-refractivity contribution in [2.45, 2.75) is 18.8 Å². The first-order chi connectivity index (χ1) is 16.2. The van der Waals surface area contributed by atoms with Crippen LogP contribution in [0.25, 0.3) is 33.2 Å². The van der Waals surface area contributed by atoms with Crippen molar-refractivity contribution >= 4 is 16.9 Å². The van der Waals surface area contributed by atoms with E-state index >= 15 is 0 Å². The molecular weight excluding hydrogens is 453 g/mol. The van der Waals surface area contributed by atoms with E-state index in [1.807, 2.05) is 0 Å². The maximum atomic E-state index is 14.5. The van der Waals surface area contributed by atoms with E-state index in [9.17, 15) is 26.7 Å². The van der Waals surface area contributed by atoms with Gasteiger partial charge in [-0.1, -0.05) is 12.1 Å². The molecule has 0 radical (unpaired) electrons. The number of amides is 1. The van der Waals surface area contributed by atoms with Crippen molar-refractivity contribution in [3.8, 4) is 22.3 Å². The molecule has 8 heteroatoms. The van der Waals surface area contributed by atoms with Crippen LogP contribution in [-0.4, -0.2) is 29.8 Å². The number of nitrogens with zero attached hydrogens (tertiary/aromatic N) is 1. The number of alkyl halides is 2. The predicted octanol–water partition coefficient (Wildman–Crippen LogP) is 7.06. The quantitative estimate of drug-likeness (QED) is 0.300. The number of fused-ring (bicyclic) bond motifs is 1. The standard InChI is InChI=1S/C26H18F5NO2/c27-19-13-21(28)23(22(29)14-19)20-12-18(11-17-5-10-34-24(17)20)15-1-3-16(4-2-15)25(33)32-8-6-26(30,31)7-9-32/h1-5,10-14H,6-9H2. The minimum Gasteiger partial charge on any atom is -0.464 e. The Balaban J connectivity index is 1.49. The van der Waals surface area contributed by atoms with E-state index in [0.29, 0.717) is 34.2 Å². The topological polar surface area (TPSA) is 33.5 Å². The molecule has 3 aromatic carbocycles. The number of halogens is 5. The van der Waals surface area contributed by atoms with Crippen molar-refractivity contribution in [1.29, 1.82) is 0 Å². The molecule has 34 heavy (non-hydrogen) atoms. The summed E-state index contributed by atoms with van der Waals surface area (Å²) in [5.41, 5.74) is 1.59. The Kier molecular flexibility index (Phi) is 5.38. The largest absolute Gasteiger partial charge is 0.464 e. The average Bonchev–Trinajstić information content (AvgIpc) is 3.27. The Morgan fingerprint density at radius 2 is 1.50 bits per heavy atom. The van der Waals surface area contributed by atoms with Crippen molar-refractivity contribution in [3.05, 3.63) is 83.9 Å². The highest BCUT2D eigenvalue weighted by Crippen LogP contribution is 2.37. The Morgan fingerprint density at radius 1 is 0.853 bits per heavy atom. The third-order valence-corrected chi connectivity index (χ3v) is 6.07. The first kappa shape index (κ1) is 22.1. The summed E-state index contributed by atoms with van der Waals surface area (Å²) in [4.78, 5) is 14.1. The first-order valence-corrected chi connectivity index (χ1v) is 10.7. The fourth-order valence-corrected chi connectivity index (χ4v) is 4.26. The Morgan fingerprint density at radius 3 is 2.15 bits per heavy atom. The minimum absolute atomic E-state index is 0.0110. The van der Waals surface area contributed by atoms with Crippen molar-refractivity contribution in [3.63, 3.8) is 0 Å². The molecule has 1 saturated heterocycles. The van der Waals surface area contributed by atoms with Crippen molar-refractivity contribution in [2.24, 2.45) is 0 Å². The van der Waals surface area contributed by atoms with Gasteiger partial charge < -0.3 is 9.32 Å². The zero-order chi connectivity index (χ0) is 24.0. The van der Waals surface area contributed by atoms with Crippen LogP contribution in [0.15, 0.2) is 65.3 Å². The van der Waals surface area contributed by atoms with Gasteiger partial charge >= 0.3 is 0 Å². The van der Waals surface area contributed by atoms with Gasteiger partial charge in [0.2, 0.25) is 0 Å². The number of hydrogen-bond acceptors (Lipinski definition) is 2. The maximum Gasteiger partial charge on any atom is 0.253 e. The fraction of sp³-hybridized carbons (Fsp3) is 0.192. The number of carbonyl (C=O) groups is 1. The lowest BCUT2D eigenvalue weighted by molar-refractivity contribution is -0.0494. The van der Waals surface area contributed by atoms with Gasteiger partial charge in [0.1, 0.15) is 23.0 Å². The summed E-state index contributed by atoms with van der Waals surface area (Å²) in [5, 5.41) is 0.588. The summed E-state index contributed by atoms with van der Waals surface area (Å²) < 4.78 is 74.7. The van der Waals surface area contributed by atoms with Crippen LogP contribution < -0.4 is 0 Å². The highest BCUT2D eigenvalue weighted by atomic mass is 19.3. The molecule has 1 aromatic heterocycles. The lowest BCUT2D eigenvalue weighted by Crippen LogP contribution is -2.42. The van der Waals surface area contributed by atoms with Crippen LogP contribution in [0.5, 0.6) is 0 Å². The summed E-state index contributed by atoms with van der Waals surface area (Å²) >= 11 is 0. The SMILES string of the molecule is O=C(c1ccc(-c2cc(-c3c(F)cc(F)cc3F)c3occc3c2)cc1)N1CCC(F)(F)CC1. The van der Waals surface area contributed by atoms with Gasteiger partial charge in [-0.2, -0.15) is 0 Å². The van der Waals surface area contributed by atoms with Crippen molar-refractivity contribution < 1.29 is 31.2 Å². The van der Waals surface area contributed by atoms with Crippen LogP contribution in [-0.2, 0) is 0 Å². The molecule has 4 aromatic rings. The summed E-state index contributed by atoms with van der Waals surface area (Å²) in [6, 6.07) is 12.7. The number of hydrogen-bond donors (Lipinski definition) is 0. The second-order valence-corrected chi connectivity index (χ2v) is 8.33. The molecule has 5 rings (SSSR count). The number of benzene rings is 3. The number of carbonyl (C=O) groups excluding carboxylic acids is 1. The van der Waals surface area contributed by atoms with Gasteiger partial charge in [-0.3, -0.25) is 4.79 Å². The predicted molar refractivity (Wildman–Crippen MR) is 117 cm³/mol. The second-order valence-electron chi connectivity index (χ2n) is 8.33. The monoisotopic (exact) mass is 471 g/mol. The molecule has 1 fully saturated rings. The number of rotatable bonds is 3. The third-order valence-electron chi connectivity index (χ3n) is 6.07. The van der Waals surface area contributed by atoms with E-state index in [4.69, 9.17) is 4.42 Å². The van der Waals surface area contributed by atoms with Crippen LogP contribution >= 0.6 is 0 Å². The fourth-order valence-electron chi connectivity index (χ4n) is 4.26. The van der Waals surface area contributed by atoms with Gasteiger partial charge in [-0.25, -0.2) is 22.0 Å². The minimum atomic E-state index is -2.74. The number of likely N-dealkylation sites (tertiary alicyclic amines) is 1. The summed E-state index contributed by atoms with van der Waals surface area (Å²) in [5.74, 6) is -6.21. The van der Waals surface area contributed by atoms with Gasteiger partial charge in [-0.05, 0) is 41.5 Å². The highest BCUT2D eigenvalue weighted by molar-refractivity contribution is 5.98. The van der Waals surface area contributed by atoms with Crippen LogP contribution in [0.3, 0.4) is 0 Å². The number of furan rings is 1. The van der Waals surface area contributed by atoms with Gasteiger partial charge in [0.15, 0.2) is 0 Å². The molecule has 1 amide bonds. The Bertz CT molecular complexity index is 1360. The Hall–Kier alpha value is -3.68. The van der Waals surface area contributed by atoms with Gasteiger partial charge in [0.25, 0.3) is 11.8 Å². The van der Waals surface area contributed by atoms with E-state index in [-0.39, 0.29) is 43.0 Å². The Labute approximate surface area is 191 Å². The van der Waals surface area contributed by atoms with Crippen LogP contribution in [0.1, 0.15) is 23.2 Å². The molecule has 0 atom stereocenters. The average molecular weight is 471 g/mol. The smallest absolute Gasteiger partial charge is 0.253 e. The van der Waals surface area contributed by atoms with E-state index < -0.39 is 28.9 Å². The second kappa shape index (κ2) is 8.27. The van der Waals surface area contributed by atoms with E-state index in [1.54, 1.807) is 36.4 Å². The van der Waals surface area contributed by atoms with Crippen LogP contribution in [0.2, 0.25) is 0 Å². The third kappa shape index (κ3) is 4.04. The van der Waals surface area contributed by atoms with Gasteiger partial charge in [-0.15, -0.1) is 0 Å².